The summed E-state index contributed by atoms with van der Waals surface area (Å²) in [4.78, 5) is 0. The molecule has 1 spiro atoms. The molecule has 0 bridgehead atoms. The molecule has 1 saturated heterocycles. The fourth-order valence-corrected chi connectivity index (χ4v) is 2.23. The summed E-state index contributed by atoms with van der Waals surface area (Å²) in [5.41, 5.74) is 0.764. The molecule has 1 nitrogen and oxygen atoms in total. The van der Waals surface area contributed by atoms with Crippen LogP contribution in [0.25, 0.3) is 0 Å². The van der Waals surface area contributed by atoms with Crippen LogP contribution in [0, 0.1) is 11.3 Å². The third-order valence-corrected chi connectivity index (χ3v) is 3.32. The summed E-state index contributed by atoms with van der Waals surface area (Å²) in [6.07, 6.45) is 4.45. The fourth-order valence-electron chi connectivity index (χ4n) is 2.23. The maximum Gasteiger partial charge on any atom is 0.00110 e. The lowest BCUT2D eigenvalue weighted by atomic mass is 9.63. The number of hydrogen-bond acceptors (Lipinski definition) is 1. The Hall–Kier alpha value is -0.0400. The summed E-state index contributed by atoms with van der Waals surface area (Å²) in [6.45, 7) is 8.95. The van der Waals surface area contributed by atoms with Crippen LogP contribution >= 0.6 is 0 Å². The van der Waals surface area contributed by atoms with Crippen LogP contribution in [0.3, 0.4) is 0 Å². The van der Waals surface area contributed by atoms with Crippen molar-refractivity contribution in [1.29, 1.82) is 0 Å². The molecule has 1 aliphatic carbocycles. The zero-order valence-electron chi connectivity index (χ0n) is 8.11. The Morgan fingerprint density at radius 3 is 2.09 bits per heavy atom. The fraction of sp³-hybridized carbons (Fsp3) is 1.00. The lowest BCUT2D eigenvalue weighted by molar-refractivity contribution is 0.108. The molecule has 1 unspecified atom stereocenters. The van der Waals surface area contributed by atoms with Gasteiger partial charge in [0.2, 0.25) is 0 Å². The van der Waals surface area contributed by atoms with Gasteiger partial charge in [-0.05, 0) is 30.7 Å². The Bertz CT molecular complexity index is 116. The van der Waals surface area contributed by atoms with Crippen LogP contribution in [-0.2, 0) is 0 Å². The topological polar surface area (TPSA) is 12.0 Å². The van der Waals surface area contributed by atoms with Gasteiger partial charge >= 0.3 is 0 Å². The monoisotopic (exact) mass is 155 g/mol. The van der Waals surface area contributed by atoms with Crippen molar-refractivity contribution < 1.29 is 0 Å². The lowest BCUT2D eigenvalue weighted by Gasteiger charge is -2.41. The summed E-state index contributed by atoms with van der Waals surface area (Å²) in [7, 11) is 0. The van der Waals surface area contributed by atoms with Crippen molar-refractivity contribution in [3.8, 4) is 0 Å². The van der Waals surface area contributed by atoms with Crippen molar-refractivity contribution in [2.75, 3.05) is 13.1 Å². The highest BCUT2D eigenvalue weighted by atomic mass is 14.9. The van der Waals surface area contributed by atoms with E-state index in [9.17, 15) is 0 Å². The molecule has 1 atom stereocenters. The van der Waals surface area contributed by atoms with E-state index in [0.717, 1.165) is 11.3 Å². The molecule has 1 heterocycles. The van der Waals surface area contributed by atoms with Crippen molar-refractivity contribution in [3.63, 3.8) is 0 Å². The SMILES string of the molecule is CC.CC1CNCC12CCC2. The van der Waals surface area contributed by atoms with Gasteiger partial charge in [-0.15, -0.1) is 0 Å². The first-order valence-corrected chi connectivity index (χ1v) is 5.04. The molecule has 1 N–H and O–H groups in total. The van der Waals surface area contributed by atoms with Gasteiger partial charge in [0, 0.05) is 6.54 Å². The van der Waals surface area contributed by atoms with Crippen molar-refractivity contribution in [3.05, 3.63) is 0 Å². The highest BCUT2D eigenvalue weighted by Crippen LogP contribution is 2.48. The minimum absolute atomic E-state index is 0.764. The van der Waals surface area contributed by atoms with Crippen LogP contribution in [0.15, 0.2) is 0 Å². The van der Waals surface area contributed by atoms with E-state index < -0.39 is 0 Å². The maximum atomic E-state index is 3.46. The first kappa shape index (κ1) is 9.05. The maximum absolute atomic E-state index is 3.46. The molecular weight excluding hydrogens is 134 g/mol. The molecule has 11 heavy (non-hydrogen) atoms. The van der Waals surface area contributed by atoms with Gasteiger partial charge in [0.15, 0.2) is 0 Å². The van der Waals surface area contributed by atoms with Crippen LogP contribution in [0.5, 0.6) is 0 Å². The molecule has 0 amide bonds. The summed E-state index contributed by atoms with van der Waals surface area (Å²) in [5.74, 6) is 0.950. The standard InChI is InChI=1S/C8H15N.C2H6/c1-7-5-9-6-8(7)3-2-4-8;1-2/h7,9H,2-6H2,1H3;1-2H3. The van der Waals surface area contributed by atoms with Crippen LogP contribution in [0.2, 0.25) is 0 Å². The predicted octanol–water partition coefficient (Wildman–Crippen LogP) is 2.42. The van der Waals surface area contributed by atoms with Gasteiger partial charge in [0.1, 0.15) is 0 Å². The Labute approximate surface area is 70.6 Å². The molecule has 0 aromatic rings. The van der Waals surface area contributed by atoms with Crippen LogP contribution in [0.4, 0.5) is 0 Å². The highest BCUT2D eigenvalue weighted by Gasteiger charge is 2.44. The first-order valence-electron chi connectivity index (χ1n) is 5.04. The zero-order valence-corrected chi connectivity index (χ0v) is 8.11. The second-order valence-electron chi connectivity index (χ2n) is 3.75. The second kappa shape index (κ2) is 3.57. The van der Waals surface area contributed by atoms with Gasteiger partial charge in [-0.25, -0.2) is 0 Å². The molecule has 0 radical (unpaired) electrons. The average Bonchev–Trinajstić information content (AvgIpc) is 2.34. The van der Waals surface area contributed by atoms with E-state index in [1.807, 2.05) is 13.8 Å². The van der Waals surface area contributed by atoms with E-state index in [2.05, 4.69) is 12.2 Å². The lowest BCUT2D eigenvalue weighted by Crippen LogP contribution is -2.35. The molecule has 2 fully saturated rings. The molecule has 0 aromatic carbocycles. The van der Waals surface area contributed by atoms with Crippen molar-refractivity contribution in [2.24, 2.45) is 11.3 Å². The second-order valence-corrected chi connectivity index (χ2v) is 3.75. The third-order valence-electron chi connectivity index (χ3n) is 3.32. The first-order chi connectivity index (χ1) is 5.33. The molecule has 2 aliphatic rings. The van der Waals surface area contributed by atoms with Crippen LogP contribution < -0.4 is 5.32 Å². The summed E-state index contributed by atoms with van der Waals surface area (Å²) < 4.78 is 0. The Kier molecular flexibility index (Phi) is 2.94. The zero-order chi connectivity index (χ0) is 8.32. The van der Waals surface area contributed by atoms with E-state index >= 15 is 0 Å². The molecular formula is C10H21N. The Balaban J connectivity index is 0.000000281. The van der Waals surface area contributed by atoms with Crippen molar-refractivity contribution >= 4 is 0 Å². The molecule has 1 aliphatic heterocycles. The van der Waals surface area contributed by atoms with Gasteiger partial charge in [-0.3, -0.25) is 0 Å². The molecule has 2 rings (SSSR count). The van der Waals surface area contributed by atoms with Crippen LogP contribution in [0.1, 0.15) is 40.0 Å². The van der Waals surface area contributed by atoms with E-state index in [0.29, 0.717) is 0 Å². The largest absolute Gasteiger partial charge is 0.316 e. The number of hydrogen-bond donors (Lipinski definition) is 1. The Morgan fingerprint density at radius 2 is 1.91 bits per heavy atom. The number of nitrogens with one attached hydrogen (secondary N) is 1. The summed E-state index contributed by atoms with van der Waals surface area (Å²) >= 11 is 0. The smallest absolute Gasteiger partial charge is 0.00110 e. The molecule has 0 aromatic heterocycles. The van der Waals surface area contributed by atoms with Gasteiger partial charge in [-0.2, -0.15) is 0 Å². The van der Waals surface area contributed by atoms with E-state index in [4.69, 9.17) is 0 Å². The minimum atomic E-state index is 0.764. The molecule has 1 saturated carbocycles. The quantitative estimate of drug-likeness (QED) is 0.566. The van der Waals surface area contributed by atoms with Gasteiger partial charge in [0.25, 0.3) is 0 Å². The summed E-state index contributed by atoms with van der Waals surface area (Å²) in [6, 6.07) is 0. The molecule has 66 valence electrons. The van der Waals surface area contributed by atoms with Crippen molar-refractivity contribution in [1.82, 2.24) is 5.32 Å². The van der Waals surface area contributed by atoms with E-state index in [1.165, 1.54) is 32.4 Å². The Morgan fingerprint density at radius 1 is 1.27 bits per heavy atom. The highest BCUT2D eigenvalue weighted by molar-refractivity contribution is 4.98. The third kappa shape index (κ3) is 1.44. The minimum Gasteiger partial charge on any atom is -0.316 e. The van der Waals surface area contributed by atoms with Gasteiger partial charge in [0.05, 0.1) is 0 Å². The van der Waals surface area contributed by atoms with Crippen LogP contribution in [-0.4, -0.2) is 13.1 Å². The van der Waals surface area contributed by atoms with Crippen molar-refractivity contribution in [2.45, 2.75) is 40.0 Å². The van der Waals surface area contributed by atoms with Gasteiger partial charge in [-0.1, -0.05) is 27.2 Å². The van der Waals surface area contributed by atoms with E-state index in [-0.39, 0.29) is 0 Å². The number of rotatable bonds is 0. The summed E-state index contributed by atoms with van der Waals surface area (Å²) in [5, 5.41) is 3.46. The average molecular weight is 155 g/mol. The van der Waals surface area contributed by atoms with E-state index in [1.54, 1.807) is 0 Å². The molecule has 1 heteroatoms. The predicted molar refractivity (Wildman–Crippen MR) is 49.7 cm³/mol. The van der Waals surface area contributed by atoms with Gasteiger partial charge < -0.3 is 5.32 Å². The normalized spacial score (nSPS) is 32.5.